The summed E-state index contributed by atoms with van der Waals surface area (Å²) in [6.07, 6.45) is 0.0605. The van der Waals surface area contributed by atoms with Gasteiger partial charge in [-0.15, -0.1) is 0 Å². The molecule has 0 unspecified atom stereocenters. The summed E-state index contributed by atoms with van der Waals surface area (Å²) in [5, 5.41) is 1.94. The standard InChI is InChI=1S/C20H21ClN2O4/c1-13(2)23(26-11-15-5-7-16(21)8-6-15)19(24)12-25-20-22-17-9-4-14(3)10-18(17)27-20/h4-10,13H,11-12H2,1-3H3. The molecule has 0 saturated heterocycles. The molecule has 2 aromatic carbocycles. The number of hydroxylamine groups is 2. The number of rotatable bonds is 7. The molecule has 0 bridgehead atoms. The van der Waals surface area contributed by atoms with Gasteiger partial charge < -0.3 is 9.15 Å². The normalized spacial score (nSPS) is 11.1. The third kappa shape index (κ3) is 4.99. The highest BCUT2D eigenvalue weighted by molar-refractivity contribution is 6.30. The van der Waals surface area contributed by atoms with Crippen molar-refractivity contribution in [2.45, 2.75) is 33.4 Å². The Labute approximate surface area is 162 Å². The topological polar surface area (TPSA) is 64.8 Å². The predicted octanol–water partition coefficient (Wildman–Crippen LogP) is 4.54. The Morgan fingerprint density at radius 2 is 1.96 bits per heavy atom. The van der Waals surface area contributed by atoms with E-state index in [0.29, 0.717) is 16.1 Å². The fourth-order valence-electron chi connectivity index (χ4n) is 2.49. The molecule has 1 heterocycles. The third-order valence-corrected chi connectivity index (χ3v) is 4.09. The molecule has 0 aliphatic carbocycles. The second-order valence-corrected chi connectivity index (χ2v) is 6.89. The Morgan fingerprint density at radius 3 is 2.67 bits per heavy atom. The molecular formula is C20H21ClN2O4. The van der Waals surface area contributed by atoms with E-state index in [4.69, 9.17) is 25.6 Å². The molecule has 27 heavy (non-hydrogen) atoms. The number of oxazole rings is 1. The van der Waals surface area contributed by atoms with Crippen LogP contribution in [0, 0.1) is 6.92 Å². The number of benzene rings is 2. The zero-order valence-corrected chi connectivity index (χ0v) is 16.2. The fourth-order valence-corrected chi connectivity index (χ4v) is 2.62. The maximum absolute atomic E-state index is 12.5. The Balaban J connectivity index is 1.59. The minimum atomic E-state index is -0.322. The number of carbonyl (C=O) groups excluding carboxylic acids is 1. The maximum atomic E-state index is 12.5. The van der Waals surface area contributed by atoms with Crippen molar-refractivity contribution in [3.05, 3.63) is 58.6 Å². The SMILES string of the molecule is Cc1ccc2nc(OCC(=O)N(OCc3ccc(Cl)cc3)C(C)C)oc2c1. The summed E-state index contributed by atoms with van der Waals surface area (Å²) in [5.74, 6) is -0.322. The Kier molecular flexibility index (Phi) is 5.98. The first-order valence-electron chi connectivity index (χ1n) is 8.62. The first kappa shape index (κ1) is 19.2. The minimum Gasteiger partial charge on any atom is -0.440 e. The number of aryl methyl sites for hydroxylation is 1. The van der Waals surface area contributed by atoms with E-state index in [1.807, 2.05) is 51.1 Å². The molecule has 7 heteroatoms. The summed E-state index contributed by atoms with van der Waals surface area (Å²) in [5.41, 5.74) is 3.27. The van der Waals surface area contributed by atoms with Crippen LogP contribution in [0.3, 0.4) is 0 Å². The molecule has 6 nitrogen and oxygen atoms in total. The van der Waals surface area contributed by atoms with E-state index in [0.717, 1.165) is 11.1 Å². The third-order valence-electron chi connectivity index (χ3n) is 3.84. The van der Waals surface area contributed by atoms with E-state index in [2.05, 4.69) is 4.98 Å². The van der Waals surface area contributed by atoms with Crippen LogP contribution in [-0.2, 0) is 16.2 Å². The quantitative estimate of drug-likeness (QED) is 0.556. The van der Waals surface area contributed by atoms with Crippen molar-refractivity contribution in [3.8, 4) is 6.08 Å². The second kappa shape index (κ2) is 8.41. The van der Waals surface area contributed by atoms with Crippen molar-refractivity contribution < 1.29 is 18.8 Å². The van der Waals surface area contributed by atoms with Crippen LogP contribution in [0.1, 0.15) is 25.0 Å². The lowest BCUT2D eigenvalue weighted by Crippen LogP contribution is -2.39. The van der Waals surface area contributed by atoms with Crippen LogP contribution in [-0.4, -0.2) is 28.6 Å². The maximum Gasteiger partial charge on any atom is 0.395 e. The summed E-state index contributed by atoms with van der Waals surface area (Å²) in [4.78, 5) is 22.4. The molecule has 1 aromatic heterocycles. The molecule has 0 aliphatic rings. The summed E-state index contributed by atoms with van der Waals surface area (Å²) in [6.45, 7) is 5.71. The smallest absolute Gasteiger partial charge is 0.395 e. The number of hydrogen-bond donors (Lipinski definition) is 0. The fraction of sp³-hybridized carbons (Fsp3) is 0.300. The molecule has 3 aromatic rings. The van der Waals surface area contributed by atoms with Crippen molar-refractivity contribution in [3.63, 3.8) is 0 Å². The average Bonchev–Trinajstić information content (AvgIpc) is 3.03. The molecule has 0 fully saturated rings. The first-order valence-corrected chi connectivity index (χ1v) is 8.99. The zero-order valence-electron chi connectivity index (χ0n) is 15.4. The van der Waals surface area contributed by atoms with Gasteiger partial charge in [0.2, 0.25) is 0 Å². The van der Waals surface area contributed by atoms with Crippen molar-refractivity contribution in [1.29, 1.82) is 0 Å². The number of aromatic nitrogens is 1. The number of halogens is 1. The lowest BCUT2D eigenvalue weighted by molar-refractivity contribution is -0.204. The molecule has 3 rings (SSSR count). The lowest BCUT2D eigenvalue weighted by Gasteiger charge is -2.25. The predicted molar refractivity (Wildman–Crippen MR) is 102 cm³/mol. The zero-order chi connectivity index (χ0) is 19.4. The molecule has 0 spiro atoms. The van der Waals surface area contributed by atoms with E-state index in [1.54, 1.807) is 12.1 Å². The number of hydrogen-bond acceptors (Lipinski definition) is 5. The van der Waals surface area contributed by atoms with Crippen LogP contribution in [0.4, 0.5) is 0 Å². The monoisotopic (exact) mass is 388 g/mol. The molecule has 0 aliphatic heterocycles. The van der Waals surface area contributed by atoms with Gasteiger partial charge in [-0.1, -0.05) is 29.8 Å². The number of ether oxygens (including phenoxy) is 1. The van der Waals surface area contributed by atoms with Gasteiger partial charge in [-0.3, -0.25) is 9.63 Å². The summed E-state index contributed by atoms with van der Waals surface area (Å²) < 4.78 is 10.9. The van der Waals surface area contributed by atoms with Crippen molar-refractivity contribution in [2.24, 2.45) is 0 Å². The Hall–Kier alpha value is -2.57. The van der Waals surface area contributed by atoms with Crippen LogP contribution >= 0.6 is 11.6 Å². The molecule has 1 amide bonds. The van der Waals surface area contributed by atoms with Gasteiger partial charge in [-0.05, 0) is 56.2 Å². The van der Waals surface area contributed by atoms with E-state index in [-0.39, 0.29) is 31.2 Å². The molecular weight excluding hydrogens is 368 g/mol. The summed E-state index contributed by atoms with van der Waals surface area (Å²) in [7, 11) is 0. The Morgan fingerprint density at radius 1 is 1.22 bits per heavy atom. The van der Waals surface area contributed by atoms with Crippen LogP contribution in [0.5, 0.6) is 6.08 Å². The number of fused-ring (bicyclic) bond motifs is 1. The van der Waals surface area contributed by atoms with Gasteiger partial charge in [0.1, 0.15) is 12.1 Å². The number of amides is 1. The van der Waals surface area contributed by atoms with E-state index in [1.165, 1.54) is 5.06 Å². The molecule has 142 valence electrons. The first-order chi connectivity index (χ1) is 12.9. The van der Waals surface area contributed by atoms with E-state index >= 15 is 0 Å². The van der Waals surface area contributed by atoms with Gasteiger partial charge in [0, 0.05) is 5.02 Å². The van der Waals surface area contributed by atoms with Gasteiger partial charge in [-0.25, -0.2) is 5.06 Å². The highest BCUT2D eigenvalue weighted by Crippen LogP contribution is 2.21. The molecule has 0 radical (unpaired) electrons. The van der Waals surface area contributed by atoms with Crippen LogP contribution < -0.4 is 4.74 Å². The minimum absolute atomic E-state index is 0.0605. The van der Waals surface area contributed by atoms with Gasteiger partial charge in [0.05, 0.1) is 6.04 Å². The van der Waals surface area contributed by atoms with Crippen molar-refractivity contribution in [2.75, 3.05) is 6.61 Å². The largest absolute Gasteiger partial charge is 0.440 e. The number of nitrogens with zero attached hydrogens (tertiary/aromatic N) is 2. The van der Waals surface area contributed by atoms with Gasteiger partial charge in [0.15, 0.2) is 12.2 Å². The molecule has 0 atom stereocenters. The highest BCUT2D eigenvalue weighted by Gasteiger charge is 2.20. The second-order valence-electron chi connectivity index (χ2n) is 6.45. The average molecular weight is 389 g/mol. The van der Waals surface area contributed by atoms with Crippen LogP contribution in [0.15, 0.2) is 46.9 Å². The van der Waals surface area contributed by atoms with Crippen molar-refractivity contribution >= 4 is 28.6 Å². The summed E-state index contributed by atoms with van der Waals surface area (Å²) >= 11 is 5.88. The lowest BCUT2D eigenvalue weighted by atomic mass is 10.2. The Bertz CT molecular complexity index is 921. The van der Waals surface area contributed by atoms with E-state index < -0.39 is 0 Å². The van der Waals surface area contributed by atoms with Gasteiger partial charge in [0.25, 0.3) is 5.91 Å². The van der Waals surface area contributed by atoms with Crippen LogP contribution in [0.25, 0.3) is 11.1 Å². The van der Waals surface area contributed by atoms with Gasteiger partial charge in [-0.2, -0.15) is 4.98 Å². The molecule has 0 saturated carbocycles. The highest BCUT2D eigenvalue weighted by atomic mass is 35.5. The van der Waals surface area contributed by atoms with Crippen molar-refractivity contribution in [1.82, 2.24) is 10.0 Å². The number of carbonyl (C=O) groups is 1. The summed E-state index contributed by atoms with van der Waals surface area (Å²) in [6, 6.07) is 12.7. The van der Waals surface area contributed by atoms with E-state index in [9.17, 15) is 4.79 Å². The van der Waals surface area contributed by atoms with Gasteiger partial charge >= 0.3 is 6.08 Å². The molecule has 0 N–H and O–H groups in total. The van der Waals surface area contributed by atoms with Crippen LogP contribution in [0.2, 0.25) is 5.02 Å².